The molecule has 0 spiro atoms. The van der Waals surface area contributed by atoms with E-state index in [1.165, 1.54) is 11.9 Å². The van der Waals surface area contributed by atoms with Crippen molar-refractivity contribution in [2.45, 2.75) is 58.3 Å². The van der Waals surface area contributed by atoms with Crippen LogP contribution in [-0.2, 0) is 17.9 Å². The maximum absolute atomic E-state index is 13.9. The Hall–Kier alpha value is -3.65. The van der Waals surface area contributed by atoms with Crippen LogP contribution in [0.15, 0.2) is 61.3 Å². The number of fused-ring (bicyclic) bond motifs is 3. The van der Waals surface area contributed by atoms with Crippen LogP contribution in [0.2, 0.25) is 0 Å². The van der Waals surface area contributed by atoms with Crippen molar-refractivity contribution >= 4 is 17.5 Å². The molecule has 2 amide bonds. The van der Waals surface area contributed by atoms with Crippen LogP contribution in [0.1, 0.15) is 53.4 Å². The van der Waals surface area contributed by atoms with Crippen LogP contribution in [0.5, 0.6) is 0 Å². The third-order valence-corrected chi connectivity index (χ3v) is 7.46. The number of carbonyl (C=O) groups excluding carboxylic acids is 2. The molecule has 2 atom stereocenters. The van der Waals surface area contributed by atoms with Crippen molar-refractivity contribution < 1.29 is 9.59 Å². The molecule has 0 unspecified atom stereocenters. The van der Waals surface area contributed by atoms with E-state index in [0.29, 0.717) is 36.9 Å². The first-order chi connectivity index (χ1) is 17.5. The molecule has 2 aliphatic heterocycles. The summed E-state index contributed by atoms with van der Waals surface area (Å²) in [5.41, 5.74) is 4.23. The SMILES string of the molecule is CC(=O)N1CC[C@H]2CC[C@@H](CN(C(=O)c3cncnc3C)Cc3ccccc31)N2Cc1ccncc1. The molecule has 5 rings (SSSR count). The minimum absolute atomic E-state index is 0.0158. The first kappa shape index (κ1) is 24.1. The van der Waals surface area contributed by atoms with E-state index in [-0.39, 0.29) is 17.9 Å². The normalized spacial score (nSPS) is 20.5. The predicted molar refractivity (Wildman–Crippen MR) is 137 cm³/mol. The predicted octanol–water partition coefficient (Wildman–Crippen LogP) is 3.61. The molecule has 36 heavy (non-hydrogen) atoms. The molecule has 8 heteroatoms. The van der Waals surface area contributed by atoms with Crippen LogP contribution in [0, 0.1) is 6.92 Å². The van der Waals surface area contributed by atoms with E-state index in [1.54, 1.807) is 13.1 Å². The number of nitrogens with zero attached hydrogens (tertiary/aromatic N) is 6. The first-order valence-electron chi connectivity index (χ1n) is 12.6. The van der Waals surface area contributed by atoms with Gasteiger partial charge in [0.2, 0.25) is 5.91 Å². The van der Waals surface area contributed by atoms with E-state index in [4.69, 9.17) is 0 Å². The fourth-order valence-electron chi connectivity index (χ4n) is 5.56. The van der Waals surface area contributed by atoms with Gasteiger partial charge in [0.25, 0.3) is 5.91 Å². The van der Waals surface area contributed by atoms with Gasteiger partial charge in [0, 0.05) is 69.5 Å². The lowest BCUT2D eigenvalue weighted by molar-refractivity contribution is -0.116. The van der Waals surface area contributed by atoms with Crippen molar-refractivity contribution in [3.05, 3.63) is 83.7 Å². The summed E-state index contributed by atoms with van der Waals surface area (Å²) in [7, 11) is 0. The van der Waals surface area contributed by atoms with E-state index in [9.17, 15) is 9.59 Å². The maximum Gasteiger partial charge on any atom is 0.257 e. The quantitative estimate of drug-likeness (QED) is 0.565. The lowest BCUT2D eigenvalue weighted by atomic mass is 10.1. The smallest absolute Gasteiger partial charge is 0.257 e. The van der Waals surface area contributed by atoms with Crippen LogP contribution in [0.3, 0.4) is 0 Å². The molecule has 2 aromatic heterocycles. The summed E-state index contributed by atoms with van der Waals surface area (Å²) in [6.07, 6.45) is 9.66. The topological polar surface area (TPSA) is 82.5 Å². The first-order valence-corrected chi connectivity index (χ1v) is 12.6. The van der Waals surface area contributed by atoms with Gasteiger partial charge >= 0.3 is 0 Å². The third-order valence-electron chi connectivity index (χ3n) is 7.46. The minimum atomic E-state index is -0.0798. The Bertz CT molecular complexity index is 1230. The Labute approximate surface area is 212 Å². The largest absolute Gasteiger partial charge is 0.333 e. The Morgan fingerprint density at radius 3 is 2.56 bits per heavy atom. The minimum Gasteiger partial charge on any atom is -0.333 e. The van der Waals surface area contributed by atoms with Gasteiger partial charge in [-0.3, -0.25) is 19.5 Å². The Balaban J connectivity index is 1.55. The number of hydrogen-bond acceptors (Lipinski definition) is 6. The van der Waals surface area contributed by atoms with Crippen molar-refractivity contribution in [3.8, 4) is 0 Å². The number of aromatic nitrogens is 3. The van der Waals surface area contributed by atoms with Gasteiger partial charge in [-0.15, -0.1) is 0 Å². The molecule has 1 fully saturated rings. The van der Waals surface area contributed by atoms with Crippen molar-refractivity contribution in [1.29, 1.82) is 0 Å². The zero-order chi connectivity index (χ0) is 25.1. The Morgan fingerprint density at radius 2 is 1.78 bits per heavy atom. The average Bonchev–Trinajstić information content (AvgIpc) is 3.24. The second kappa shape index (κ2) is 10.5. The van der Waals surface area contributed by atoms with Crippen molar-refractivity contribution in [2.75, 3.05) is 18.0 Å². The number of anilines is 1. The molecule has 0 N–H and O–H groups in total. The van der Waals surface area contributed by atoms with Crippen LogP contribution in [0.25, 0.3) is 0 Å². The number of hydrogen-bond donors (Lipinski definition) is 0. The van der Waals surface area contributed by atoms with Gasteiger partial charge in [-0.1, -0.05) is 18.2 Å². The third kappa shape index (κ3) is 4.99. The number of pyridine rings is 1. The van der Waals surface area contributed by atoms with Crippen LogP contribution < -0.4 is 4.90 Å². The number of para-hydroxylation sites is 1. The molecule has 0 saturated carbocycles. The zero-order valence-corrected chi connectivity index (χ0v) is 20.9. The van der Waals surface area contributed by atoms with Crippen molar-refractivity contribution in [2.24, 2.45) is 0 Å². The fraction of sp³-hybridized carbons (Fsp3) is 0.393. The fourth-order valence-corrected chi connectivity index (χ4v) is 5.56. The molecule has 1 saturated heterocycles. The summed E-state index contributed by atoms with van der Waals surface area (Å²) < 4.78 is 0. The standard InChI is InChI=1S/C28H32N6O2/c1-20-26(15-30-19-31-20)28(36)32-17-23-5-3-4-6-27(23)33(21(2)35)14-11-24-7-8-25(18-32)34(24)16-22-9-12-29-13-10-22/h3-6,9-10,12-13,15,19,24-25H,7-8,11,14,16-18H2,1-2H3/t24-,25+/m1/s1. The zero-order valence-electron chi connectivity index (χ0n) is 20.9. The highest BCUT2D eigenvalue weighted by molar-refractivity contribution is 5.95. The summed E-state index contributed by atoms with van der Waals surface area (Å²) in [4.78, 5) is 45.5. The summed E-state index contributed by atoms with van der Waals surface area (Å²) in [6.45, 7) is 5.92. The second-order valence-corrected chi connectivity index (χ2v) is 9.71. The number of carbonyl (C=O) groups is 2. The van der Waals surface area contributed by atoms with Gasteiger partial charge < -0.3 is 9.80 Å². The molecular formula is C28H32N6O2. The van der Waals surface area contributed by atoms with Gasteiger partial charge in [-0.2, -0.15) is 0 Å². The van der Waals surface area contributed by atoms with Gasteiger partial charge in [-0.05, 0) is 55.5 Å². The number of rotatable bonds is 3. The average molecular weight is 485 g/mol. The van der Waals surface area contributed by atoms with E-state index in [2.05, 4.69) is 32.0 Å². The maximum atomic E-state index is 13.9. The highest BCUT2D eigenvalue weighted by Crippen LogP contribution is 2.33. The van der Waals surface area contributed by atoms with Gasteiger partial charge in [0.1, 0.15) is 6.33 Å². The summed E-state index contributed by atoms with van der Waals surface area (Å²) in [6, 6.07) is 12.6. The summed E-state index contributed by atoms with van der Waals surface area (Å²) >= 11 is 0. The van der Waals surface area contributed by atoms with Crippen LogP contribution >= 0.6 is 0 Å². The molecule has 4 heterocycles. The Morgan fingerprint density at radius 1 is 1.00 bits per heavy atom. The van der Waals surface area contributed by atoms with Crippen molar-refractivity contribution in [1.82, 2.24) is 24.8 Å². The lowest BCUT2D eigenvalue weighted by Crippen LogP contribution is -2.45. The molecule has 0 aliphatic carbocycles. The Kier molecular flexibility index (Phi) is 7.04. The number of benzene rings is 1. The monoisotopic (exact) mass is 484 g/mol. The van der Waals surface area contributed by atoms with Gasteiger partial charge in [-0.25, -0.2) is 9.97 Å². The molecule has 1 aromatic carbocycles. The number of aryl methyl sites for hydroxylation is 1. The lowest BCUT2D eigenvalue weighted by Gasteiger charge is -2.34. The molecule has 186 valence electrons. The van der Waals surface area contributed by atoms with Gasteiger partial charge in [0.05, 0.1) is 11.3 Å². The van der Waals surface area contributed by atoms with E-state index >= 15 is 0 Å². The van der Waals surface area contributed by atoms with Gasteiger partial charge in [0.15, 0.2) is 0 Å². The summed E-state index contributed by atoms with van der Waals surface area (Å²) in [5.74, 6) is -0.0639. The van der Waals surface area contributed by atoms with E-state index in [1.807, 2.05) is 53.4 Å². The van der Waals surface area contributed by atoms with E-state index < -0.39 is 0 Å². The molecule has 0 radical (unpaired) electrons. The van der Waals surface area contributed by atoms with E-state index in [0.717, 1.165) is 37.1 Å². The molecule has 2 aliphatic rings. The molecule has 3 aromatic rings. The second-order valence-electron chi connectivity index (χ2n) is 9.71. The number of amides is 2. The van der Waals surface area contributed by atoms with Crippen LogP contribution in [-0.4, -0.2) is 61.7 Å². The molecule has 8 nitrogen and oxygen atoms in total. The van der Waals surface area contributed by atoms with Crippen molar-refractivity contribution in [3.63, 3.8) is 0 Å². The molecule has 2 bridgehead atoms. The highest BCUT2D eigenvalue weighted by atomic mass is 16.2. The summed E-state index contributed by atoms with van der Waals surface area (Å²) in [5, 5.41) is 0. The molecular weight excluding hydrogens is 452 g/mol. The van der Waals surface area contributed by atoms with Crippen LogP contribution in [0.4, 0.5) is 5.69 Å². The highest BCUT2D eigenvalue weighted by Gasteiger charge is 2.37.